The molecule has 0 atom stereocenters. The van der Waals surface area contributed by atoms with Gasteiger partial charge in [-0.25, -0.2) is 4.39 Å². The molecule has 0 radical (unpaired) electrons. The topological polar surface area (TPSA) is 40.5 Å². The summed E-state index contributed by atoms with van der Waals surface area (Å²) in [7, 11) is 0. The average molecular weight is 239 g/mol. The molecule has 0 saturated heterocycles. The zero-order valence-corrected chi connectivity index (χ0v) is 10.0. The number of hydrogen-bond acceptors (Lipinski definition) is 3. The minimum Gasteiger partial charge on any atom is -0.395 e. The summed E-state index contributed by atoms with van der Waals surface area (Å²) in [4.78, 5) is 13.6. The molecule has 0 fully saturated rings. The predicted molar refractivity (Wildman–Crippen MR) is 64.3 cm³/mol. The molecule has 0 aromatic heterocycles. The second-order valence-electron chi connectivity index (χ2n) is 3.93. The van der Waals surface area contributed by atoms with Gasteiger partial charge in [0.2, 0.25) is 0 Å². The van der Waals surface area contributed by atoms with Gasteiger partial charge in [-0.3, -0.25) is 9.69 Å². The number of ketones is 1. The van der Waals surface area contributed by atoms with Gasteiger partial charge in [0.25, 0.3) is 0 Å². The lowest BCUT2D eigenvalue weighted by Gasteiger charge is -2.17. The molecule has 1 rings (SSSR count). The van der Waals surface area contributed by atoms with Crippen molar-refractivity contribution >= 4 is 5.78 Å². The molecule has 94 valence electrons. The molecular formula is C13H18FNO2. The third-order valence-corrected chi connectivity index (χ3v) is 2.58. The standard InChI is InChI=1S/C13H18FNO2/c1-2-15(7-8-16)10-13(17)9-11-3-5-12(14)6-4-11/h3-6,16H,2,7-10H2,1H3. The van der Waals surface area contributed by atoms with E-state index in [1.165, 1.54) is 12.1 Å². The lowest BCUT2D eigenvalue weighted by Crippen LogP contribution is -2.32. The van der Waals surface area contributed by atoms with Gasteiger partial charge in [0.05, 0.1) is 13.2 Å². The number of aliphatic hydroxyl groups is 1. The lowest BCUT2D eigenvalue weighted by molar-refractivity contribution is -0.119. The maximum atomic E-state index is 12.7. The molecule has 0 amide bonds. The van der Waals surface area contributed by atoms with Crippen LogP contribution in [0.3, 0.4) is 0 Å². The molecule has 17 heavy (non-hydrogen) atoms. The van der Waals surface area contributed by atoms with Crippen LogP contribution in [0, 0.1) is 5.82 Å². The Bertz CT molecular complexity index is 351. The fourth-order valence-electron chi connectivity index (χ4n) is 1.63. The van der Waals surface area contributed by atoms with Gasteiger partial charge < -0.3 is 5.11 Å². The van der Waals surface area contributed by atoms with Crippen molar-refractivity contribution in [2.24, 2.45) is 0 Å². The summed E-state index contributed by atoms with van der Waals surface area (Å²) in [6.45, 7) is 3.56. The number of likely N-dealkylation sites (N-methyl/N-ethyl adjacent to an activating group) is 1. The Morgan fingerprint density at radius 1 is 1.35 bits per heavy atom. The van der Waals surface area contributed by atoms with Crippen LogP contribution >= 0.6 is 0 Å². The largest absolute Gasteiger partial charge is 0.395 e. The summed E-state index contributed by atoms with van der Waals surface area (Å²) >= 11 is 0. The molecule has 0 heterocycles. The van der Waals surface area contributed by atoms with Crippen LogP contribution in [0.25, 0.3) is 0 Å². The molecule has 0 aliphatic carbocycles. The summed E-state index contributed by atoms with van der Waals surface area (Å²) in [5.41, 5.74) is 0.816. The molecule has 0 unspecified atom stereocenters. The van der Waals surface area contributed by atoms with Crippen LogP contribution in [-0.4, -0.2) is 42.0 Å². The van der Waals surface area contributed by atoms with E-state index in [2.05, 4.69) is 0 Å². The van der Waals surface area contributed by atoms with Gasteiger partial charge in [0, 0.05) is 13.0 Å². The van der Waals surface area contributed by atoms with Crippen molar-refractivity contribution in [3.05, 3.63) is 35.6 Å². The first kappa shape index (κ1) is 13.8. The number of hydrogen-bond donors (Lipinski definition) is 1. The highest BCUT2D eigenvalue weighted by molar-refractivity contribution is 5.82. The second kappa shape index (κ2) is 7.14. The van der Waals surface area contributed by atoms with Crippen molar-refractivity contribution in [3.63, 3.8) is 0 Å². The first-order chi connectivity index (χ1) is 8.15. The molecule has 4 heteroatoms. The molecule has 0 spiro atoms. The Morgan fingerprint density at radius 2 is 2.00 bits per heavy atom. The summed E-state index contributed by atoms with van der Waals surface area (Å²) < 4.78 is 12.7. The highest BCUT2D eigenvalue weighted by atomic mass is 19.1. The number of nitrogens with zero attached hydrogens (tertiary/aromatic N) is 1. The number of carbonyl (C=O) groups excluding carboxylic acids is 1. The van der Waals surface area contributed by atoms with E-state index in [0.29, 0.717) is 19.5 Å². The number of halogens is 1. The molecule has 0 aliphatic heterocycles. The van der Waals surface area contributed by atoms with Crippen LogP contribution in [0.4, 0.5) is 4.39 Å². The first-order valence-corrected chi connectivity index (χ1v) is 5.75. The maximum Gasteiger partial charge on any atom is 0.151 e. The van der Waals surface area contributed by atoms with E-state index in [0.717, 1.165) is 12.1 Å². The van der Waals surface area contributed by atoms with Gasteiger partial charge in [0.15, 0.2) is 5.78 Å². The molecular weight excluding hydrogens is 221 g/mol. The molecule has 0 aliphatic rings. The lowest BCUT2D eigenvalue weighted by atomic mass is 10.1. The van der Waals surface area contributed by atoms with Crippen LogP contribution < -0.4 is 0 Å². The van der Waals surface area contributed by atoms with E-state index >= 15 is 0 Å². The molecule has 1 aromatic rings. The summed E-state index contributed by atoms with van der Waals surface area (Å²) in [6, 6.07) is 5.95. The van der Waals surface area contributed by atoms with Gasteiger partial charge in [-0.15, -0.1) is 0 Å². The van der Waals surface area contributed by atoms with Gasteiger partial charge in [0.1, 0.15) is 5.82 Å². The highest BCUT2D eigenvalue weighted by Gasteiger charge is 2.09. The Morgan fingerprint density at radius 3 is 2.53 bits per heavy atom. The number of benzene rings is 1. The quantitative estimate of drug-likeness (QED) is 0.778. The van der Waals surface area contributed by atoms with Gasteiger partial charge in [-0.1, -0.05) is 19.1 Å². The number of rotatable bonds is 7. The normalized spacial score (nSPS) is 10.8. The highest BCUT2D eigenvalue weighted by Crippen LogP contribution is 2.04. The van der Waals surface area contributed by atoms with E-state index in [9.17, 15) is 9.18 Å². The third kappa shape index (κ3) is 5.06. The Labute approximate surface area is 101 Å². The van der Waals surface area contributed by atoms with Crippen LogP contribution in [0.15, 0.2) is 24.3 Å². The van der Waals surface area contributed by atoms with Crippen molar-refractivity contribution < 1.29 is 14.3 Å². The van der Waals surface area contributed by atoms with Gasteiger partial charge in [-0.05, 0) is 24.2 Å². The van der Waals surface area contributed by atoms with E-state index < -0.39 is 0 Å². The van der Waals surface area contributed by atoms with Crippen LogP contribution in [0.1, 0.15) is 12.5 Å². The molecule has 3 nitrogen and oxygen atoms in total. The number of carbonyl (C=O) groups is 1. The zero-order valence-electron chi connectivity index (χ0n) is 10.0. The van der Waals surface area contributed by atoms with E-state index in [1.807, 2.05) is 11.8 Å². The van der Waals surface area contributed by atoms with Crippen LogP contribution in [0.2, 0.25) is 0 Å². The Balaban J connectivity index is 2.46. The van der Waals surface area contributed by atoms with Crippen molar-refractivity contribution in [2.75, 3.05) is 26.2 Å². The van der Waals surface area contributed by atoms with E-state index in [1.54, 1.807) is 12.1 Å². The van der Waals surface area contributed by atoms with Crippen molar-refractivity contribution in [2.45, 2.75) is 13.3 Å². The SMILES string of the molecule is CCN(CCO)CC(=O)Cc1ccc(F)cc1. The average Bonchev–Trinajstić information content (AvgIpc) is 2.31. The fraction of sp³-hybridized carbons (Fsp3) is 0.462. The number of aliphatic hydroxyl groups excluding tert-OH is 1. The van der Waals surface area contributed by atoms with Crippen LogP contribution in [-0.2, 0) is 11.2 Å². The maximum absolute atomic E-state index is 12.7. The minimum absolute atomic E-state index is 0.0532. The minimum atomic E-state index is -0.295. The Hall–Kier alpha value is -1.26. The monoisotopic (exact) mass is 239 g/mol. The summed E-state index contributed by atoms with van der Waals surface area (Å²) in [6.07, 6.45) is 0.308. The smallest absolute Gasteiger partial charge is 0.151 e. The number of Topliss-reactive ketones (excluding diaryl/α,β-unsaturated/α-hetero) is 1. The Kier molecular flexibility index (Phi) is 5.80. The predicted octanol–water partition coefficient (Wildman–Crippen LogP) is 1.25. The van der Waals surface area contributed by atoms with E-state index in [-0.39, 0.29) is 18.2 Å². The van der Waals surface area contributed by atoms with Crippen LogP contribution in [0.5, 0.6) is 0 Å². The molecule has 1 N–H and O–H groups in total. The second-order valence-corrected chi connectivity index (χ2v) is 3.93. The van der Waals surface area contributed by atoms with Gasteiger partial charge in [-0.2, -0.15) is 0 Å². The summed E-state index contributed by atoms with van der Waals surface area (Å²) in [5.74, 6) is -0.219. The van der Waals surface area contributed by atoms with E-state index in [4.69, 9.17) is 5.11 Å². The molecule has 0 bridgehead atoms. The van der Waals surface area contributed by atoms with Gasteiger partial charge >= 0.3 is 0 Å². The molecule has 1 aromatic carbocycles. The van der Waals surface area contributed by atoms with Crippen molar-refractivity contribution in [1.29, 1.82) is 0 Å². The zero-order chi connectivity index (χ0) is 12.7. The fourth-order valence-corrected chi connectivity index (χ4v) is 1.63. The first-order valence-electron chi connectivity index (χ1n) is 5.75. The third-order valence-electron chi connectivity index (χ3n) is 2.58. The van der Waals surface area contributed by atoms with Crippen molar-refractivity contribution in [1.82, 2.24) is 4.90 Å². The molecule has 0 saturated carbocycles. The van der Waals surface area contributed by atoms with Crippen molar-refractivity contribution in [3.8, 4) is 0 Å². The summed E-state index contributed by atoms with van der Waals surface area (Å²) in [5, 5.41) is 8.81.